The minimum absolute atomic E-state index is 0.220. The average Bonchev–Trinajstić information content (AvgIpc) is 2.66. The van der Waals surface area contributed by atoms with Crippen LogP contribution in [0.4, 0.5) is 0 Å². The number of nitrogens with zero attached hydrogens (tertiary/aromatic N) is 1. The smallest absolute Gasteiger partial charge is 0.0733 e. The Balaban J connectivity index is 1.96. The van der Waals surface area contributed by atoms with E-state index in [1.165, 1.54) is 10.9 Å². The lowest BCUT2D eigenvalue weighted by Gasteiger charge is -2.15. The van der Waals surface area contributed by atoms with Crippen molar-refractivity contribution in [1.82, 2.24) is 10.3 Å². The zero-order valence-electron chi connectivity index (χ0n) is 10.6. The third-order valence-corrected chi connectivity index (χ3v) is 3.37. The molecule has 1 unspecified atom stereocenters. The summed E-state index contributed by atoms with van der Waals surface area (Å²) in [5, 5.41) is 4.68. The van der Waals surface area contributed by atoms with Crippen LogP contribution in [-0.2, 0) is 4.74 Å². The van der Waals surface area contributed by atoms with Crippen LogP contribution in [0.3, 0.4) is 0 Å². The molecule has 0 bridgehead atoms. The lowest BCUT2D eigenvalue weighted by Crippen LogP contribution is -2.24. The van der Waals surface area contributed by atoms with Crippen molar-refractivity contribution in [2.45, 2.75) is 19.4 Å². The van der Waals surface area contributed by atoms with Gasteiger partial charge in [-0.25, -0.2) is 0 Å². The van der Waals surface area contributed by atoms with Crippen LogP contribution < -0.4 is 5.32 Å². The molecule has 0 saturated carbocycles. The van der Waals surface area contributed by atoms with Gasteiger partial charge in [-0.15, -0.1) is 0 Å². The van der Waals surface area contributed by atoms with Gasteiger partial charge in [-0.1, -0.05) is 18.2 Å². The van der Waals surface area contributed by atoms with Crippen LogP contribution in [0.25, 0.3) is 10.9 Å². The molecule has 1 N–H and O–H groups in total. The lowest BCUT2D eigenvalue weighted by atomic mass is 10.1. The average molecular weight is 242 g/mol. The summed E-state index contributed by atoms with van der Waals surface area (Å²) in [4.78, 5) is 4.76. The quantitative estimate of drug-likeness (QED) is 0.834. The predicted octanol–water partition coefficient (Wildman–Crippen LogP) is 2.59. The molecule has 1 saturated heterocycles. The van der Waals surface area contributed by atoms with E-state index in [0.717, 1.165) is 30.8 Å². The summed E-state index contributed by atoms with van der Waals surface area (Å²) in [6.07, 6.45) is 1.07. The minimum atomic E-state index is 0.220. The number of hydrogen-bond donors (Lipinski definition) is 1. The Bertz CT molecular complexity index is 545. The summed E-state index contributed by atoms with van der Waals surface area (Å²) in [6.45, 7) is 4.65. The number of aryl methyl sites for hydroxylation is 1. The van der Waals surface area contributed by atoms with Crippen LogP contribution in [0.2, 0.25) is 0 Å². The predicted molar refractivity (Wildman–Crippen MR) is 72.7 cm³/mol. The first-order valence-electron chi connectivity index (χ1n) is 6.51. The summed E-state index contributed by atoms with van der Waals surface area (Å²) in [6, 6.07) is 10.8. The molecule has 2 aromatic rings. The molecule has 3 nitrogen and oxygen atoms in total. The Morgan fingerprint density at radius 1 is 1.28 bits per heavy atom. The third kappa shape index (κ3) is 2.37. The minimum Gasteiger partial charge on any atom is -0.379 e. The van der Waals surface area contributed by atoms with Crippen molar-refractivity contribution in [3.05, 3.63) is 41.6 Å². The van der Waals surface area contributed by atoms with E-state index in [4.69, 9.17) is 9.72 Å². The normalized spacial score (nSPS) is 20.8. The van der Waals surface area contributed by atoms with Crippen LogP contribution >= 0.6 is 0 Å². The monoisotopic (exact) mass is 242 g/mol. The fraction of sp³-hybridized carbons (Fsp3) is 0.400. The van der Waals surface area contributed by atoms with Crippen molar-refractivity contribution in [2.75, 3.05) is 19.8 Å². The summed E-state index contributed by atoms with van der Waals surface area (Å²) < 4.78 is 5.59. The Labute approximate surface area is 107 Å². The molecule has 94 valence electrons. The number of nitrogens with one attached hydrogen (secondary N) is 1. The molecule has 0 amide bonds. The SMILES string of the molecule is Cc1ccc2ccc(C3COCCCN3)nc2c1. The Hall–Kier alpha value is -1.45. The first kappa shape index (κ1) is 11.6. The molecular weight excluding hydrogens is 224 g/mol. The van der Waals surface area contributed by atoms with E-state index >= 15 is 0 Å². The Morgan fingerprint density at radius 2 is 2.17 bits per heavy atom. The largest absolute Gasteiger partial charge is 0.379 e. The highest BCUT2D eigenvalue weighted by Crippen LogP contribution is 2.19. The number of fused-ring (bicyclic) bond motifs is 1. The molecule has 1 atom stereocenters. The molecule has 2 heterocycles. The van der Waals surface area contributed by atoms with E-state index in [0.29, 0.717) is 6.61 Å². The number of hydrogen-bond acceptors (Lipinski definition) is 3. The summed E-state index contributed by atoms with van der Waals surface area (Å²) in [5.74, 6) is 0. The molecule has 1 aliphatic rings. The molecule has 1 fully saturated rings. The van der Waals surface area contributed by atoms with Gasteiger partial charge in [0, 0.05) is 12.0 Å². The van der Waals surface area contributed by atoms with Gasteiger partial charge >= 0.3 is 0 Å². The van der Waals surface area contributed by atoms with Gasteiger partial charge in [0.1, 0.15) is 0 Å². The molecule has 1 aromatic heterocycles. The number of ether oxygens (including phenoxy) is 1. The van der Waals surface area contributed by atoms with Crippen molar-refractivity contribution in [1.29, 1.82) is 0 Å². The molecule has 3 heteroatoms. The maximum absolute atomic E-state index is 5.59. The first-order valence-corrected chi connectivity index (χ1v) is 6.51. The Morgan fingerprint density at radius 3 is 3.11 bits per heavy atom. The lowest BCUT2D eigenvalue weighted by molar-refractivity contribution is 0.131. The van der Waals surface area contributed by atoms with E-state index in [-0.39, 0.29) is 6.04 Å². The number of benzene rings is 1. The van der Waals surface area contributed by atoms with Crippen molar-refractivity contribution in [3.8, 4) is 0 Å². The van der Waals surface area contributed by atoms with Gasteiger partial charge in [0.2, 0.25) is 0 Å². The van der Waals surface area contributed by atoms with Crippen molar-refractivity contribution >= 4 is 10.9 Å². The maximum Gasteiger partial charge on any atom is 0.0733 e. The molecule has 18 heavy (non-hydrogen) atoms. The highest BCUT2D eigenvalue weighted by molar-refractivity contribution is 5.79. The summed E-state index contributed by atoms with van der Waals surface area (Å²) >= 11 is 0. The van der Waals surface area contributed by atoms with Crippen LogP contribution in [0.1, 0.15) is 23.7 Å². The number of pyridine rings is 1. The standard InChI is InChI=1S/C15H18N2O/c1-11-3-4-12-5-6-13(17-14(12)9-11)15-10-18-8-2-7-16-15/h3-6,9,15-16H,2,7-8,10H2,1H3. The van der Waals surface area contributed by atoms with E-state index in [2.05, 4.69) is 42.6 Å². The zero-order valence-corrected chi connectivity index (χ0v) is 10.6. The number of aromatic nitrogens is 1. The van der Waals surface area contributed by atoms with E-state index in [9.17, 15) is 0 Å². The van der Waals surface area contributed by atoms with Gasteiger partial charge in [-0.05, 0) is 37.6 Å². The van der Waals surface area contributed by atoms with E-state index < -0.39 is 0 Å². The molecule has 0 aliphatic carbocycles. The summed E-state index contributed by atoms with van der Waals surface area (Å²) in [5.41, 5.74) is 3.39. The van der Waals surface area contributed by atoms with Gasteiger partial charge in [-0.2, -0.15) is 0 Å². The maximum atomic E-state index is 5.59. The molecule has 1 aliphatic heterocycles. The van der Waals surface area contributed by atoms with Crippen LogP contribution in [0.5, 0.6) is 0 Å². The van der Waals surface area contributed by atoms with E-state index in [1.54, 1.807) is 0 Å². The third-order valence-electron chi connectivity index (χ3n) is 3.37. The topological polar surface area (TPSA) is 34.1 Å². The van der Waals surface area contributed by atoms with Gasteiger partial charge in [0.15, 0.2) is 0 Å². The molecule has 1 aromatic carbocycles. The second-order valence-electron chi connectivity index (χ2n) is 4.87. The second kappa shape index (κ2) is 5.04. The zero-order chi connectivity index (χ0) is 12.4. The molecule has 0 spiro atoms. The van der Waals surface area contributed by atoms with Crippen LogP contribution in [0.15, 0.2) is 30.3 Å². The molecule has 3 rings (SSSR count). The summed E-state index contributed by atoms with van der Waals surface area (Å²) in [7, 11) is 0. The van der Waals surface area contributed by atoms with Crippen LogP contribution in [0, 0.1) is 6.92 Å². The van der Waals surface area contributed by atoms with E-state index in [1.807, 2.05) is 0 Å². The van der Waals surface area contributed by atoms with Gasteiger partial charge < -0.3 is 10.1 Å². The van der Waals surface area contributed by atoms with Crippen molar-refractivity contribution < 1.29 is 4.74 Å². The fourth-order valence-electron chi connectivity index (χ4n) is 2.34. The first-order chi connectivity index (χ1) is 8.83. The Kier molecular flexibility index (Phi) is 3.26. The molecular formula is C15H18N2O. The van der Waals surface area contributed by atoms with Gasteiger partial charge in [0.05, 0.1) is 23.9 Å². The molecule has 0 radical (unpaired) electrons. The van der Waals surface area contributed by atoms with Crippen LogP contribution in [-0.4, -0.2) is 24.7 Å². The van der Waals surface area contributed by atoms with Crippen molar-refractivity contribution in [2.24, 2.45) is 0 Å². The fourth-order valence-corrected chi connectivity index (χ4v) is 2.34. The highest BCUT2D eigenvalue weighted by Gasteiger charge is 2.15. The highest BCUT2D eigenvalue weighted by atomic mass is 16.5. The number of rotatable bonds is 1. The van der Waals surface area contributed by atoms with Gasteiger partial charge in [0.25, 0.3) is 0 Å². The second-order valence-corrected chi connectivity index (χ2v) is 4.87. The van der Waals surface area contributed by atoms with Gasteiger partial charge in [-0.3, -0.25) is 4.98 Å². The van der Waals surface area contributed by atoms with Crippen molar-refractivity contribution in [3.63, 3.8) is 0 Å².